The molecule has 0 bridgehead atoms. The van der Waals surface area contributed by atoms with E-state index >= 15 is 0 Å². The lowest BCUT2D eigenvalue weighted by Gasteiger charge is -2.31. The molecule has 0 fully saturated rings. The van der Waals surface area contributed by atoms with Crippen molar-refractivity contribution in [1.82, 2.24) is 0 Å². The molecule has 15 heavy (non-hydrogen) atoms. The second kappa shape index (κ2) is 4.98. The Labute approximate surface area is 96.5 Å². The lowest BCUT2D eigenvalue weighted by Crippen LogP contribution is -2.28. The van der Waals surface area contributed by atoms with Crippen molar-refractivity contribution in [2.75, 3.05) is 5.88 Å². The summed E-state index contributed by atoms with van der Waals surface area (Å²) in [5.41, 5.74) is 1.06. The van der Waals surface area contributed by atoms with E-state index in [1.54, 1.807) is 12.1 Å². The second-order valence-corrected chi connectivity index (χ2v) is 5.02. The zero-order valence-corrected chi connectivity index (χ0v) is 10.3. The average molecular weight is 229 g/mol. The fourth-order valence-electron chi connectivity index (χ4n) is 1.52. The highest BCUT2D eigenvalue weighted by molar-refractivity contribution is 6.18. The molecular formula is C13H18ClF. The third kappa shape index (κ3) is 3.20. The van der Waals surface area contributed by atoms with Gasteiger partial charge in [-0.15, -0.1) is 11.6 Å². The Morgan fingerprint density at radius 2 is 2.07 bits per heavy atom. The van der Waals surface area contributed by atoms with Crippen LogP contribution in [0.3, 0.4) is 0 Å². The summed E-state index contributed by atoms with van der Waals surface area (Å²) < 4.78 is 13.0. The summed E-state index contributed by atoms with van der Waals surface area (Å²) in [4.78, 5) is 0. The Bertz CT molecular complexity index is 322. The quantitative estimate of drug-likeness (QED) is 0.676. The molecule has 0 saturated carbocycles. The van der Waals surface area contributed by atoms with E-state index in [0.29, 0.717) is 11.8 Å². The Kier molecular flexibility index (Phi) is 4.15. The molecule has 1 aromatic rings. The van der Waals surface area contributed by atoms with Crippen LogP contribution in [0.25, 0.3) is 0 Å². The van der Waals surface area contributed by atoms with Crippen molar-refractivity contribution in [1.29, 1.82) is 0 Å². The standard InChI is InChI=1S/C13H18ClF/c1-10(2)13(3,9-14)8-11-5-4-6-12(15)7-11/h4-7,10H,8-9H2,1-3H3. The van der Waals surface area contributed by atoms with Gasteiger partial charge in [0.05, 0.1) is 0 Å². The SMILES string of the molecule is CC(C)C(C)(CCl)Cc1cccc(F)c1. The van der Waals surface area contributed by atoms with Gasteiger partial charge in [-0.25, -0.2) is 4.39 Å². The zero-order valence-electron chi connectivity index (χ0n) is 9.56. The lowest BCUT2D eigenvalue weighted by molar-refractivity contribution is 0.253. The van der Waals surface area contributed by atoms with E-state index in [1.165, 1.54) is 6.07 Å². The van der Waals surface area contributed by atoms with Gasteiger partial charge in [-0.2, -0.15) is 0 Å². The van der Waals surface area contributed by atoms with Crippen LogP contribution in [-0.4, -0.2) is 5.88 Å². The van der Waals surface area contributed by atoms with Gasteiger partial charge in [0, 0.05) is 5.88 Å². The topological polar surface area (TPSA) is 0 Å². The summed E-state index contributed by atoms with van der Waals surface area (Å²) in [7, 11) is 0. The molecule has 1 aromatic carbocycles. The van der Waals surface area contributed by atoms with E-state index in [9.17, 15) is 4.39 Å². The van der Waals surface area contributed by atoms with Gasteiger partial charge in [0.15, 0.2) is 0 Å². The summed E-state index contributed by atoms with van der Waals surface area (Å²) in [6, 6.07) is 6.76. The van der Waals surface area contributed by atoms with Gasteiger partial charge < -0.3 is 0 Å². The van der Waals surface area contributed by atoms with Crippen LogP contribution in [0, 0.1) is 17.2 Å². The van der Waals surface area contributed by atoms with Gasteiger partial charge in [-0.1, -0.05) is 32.9 Å². The molecule has 0 saturated heterocycles. The zero-order chi connectivity index (χ0) is 11.5. The molecule has 0 aromatic heterocycles. The molecule has 1 atom stereocenters. The molecular weight excluding hydrogens is 211 g/mol. The minimum Gasteiger partial charge on any atom is -0.207 e. The van der Waals surface area contributed by atoms with Crippen LogP contribution >= 0.6 is 11.6 Å². The van der Waals surface area contributed by atoms with Gasteiger partial charge in [-0.3, -0.25) is 0 Å². The van der Waals surface area contributed by atoms with Crippen molar-refractivity contribution in [2.24, 2.45) is 11.3 Å². The maximum absolute atomic E-state index is 13.0. The van der Waals surface area contributed by atoms with Crippen molar-refractivity contribution in [3.63, 3.8) is 0 Å². The first-order chi connectivity index (χ1) is 6.98. The summed E-state index contributed by atoms with van der Waals surface area (Å²) in [5, 5.41) is 0. The largest absolute Gasteiger partial charge is 0.207 e. The van der Waals surface area contributed by atoms with Crippen molar-refractivity contribution in [2.45, 2.75) is 27.2 Å². The highest BCUT2D eigenvalue weighted by Gasteiger charge is 2.27. The van der Waals surface area contributed by atoms with Crippen LogP contribution in [0.4, 0.5) is 4.39 Å². The summed E-state index contributed by atoms with van der Waals surface area (Å²) in [5.74, 6) is 0.910. The number of rotatable bonds is 4. The predicted octanol–water partition coefficient (Wildman–Crippen LogP) is 4.27. The van der Waals surface area contributed by atoms with E-state index in [0.717, 1.165) is 12.0 Å². The fourth-order valence-corrected chi connectivity index (χ4v) is 1.92. The Hall–Kier alpha value is -0.560. The lowest BCUT2D eigenvalue weighted by atomic mass is 9.76. The molecule has 0 nitrogen and oxygen atoms in total. The highest BCUT2D eigenvalue weighted by Crippen LogP contribution is 2.32. The van der Waals surface area contributed by atoms with E-state index < -0.39 is 0 Å². The molecule has 0 N–H and O–H groups in total. The maximum atomic E-state index is 13.0. The smallest absolute Gasteiger partial charge is 0.123 e. The van der Waals surface area contributed by atoms with Crippen molar-refractivity contribution < 1.29 is 4.39 Å². The van der Waals surface area contributed by atoms with Crippen molar-refractivity contribution in [3.05, 3.63) is 35.6 Å². The number of hydrogen-bond donors (Lipinski definition) is 0. The molecule has 1 rings (SSSR count). The third-order valence-corrected chi connectivity index (χ3v) is 3.81. The first kappa shape index (κ1) is 12.5. The molecule has 2 heteroatoms. The van der Waals surface area contributed by atoms with E-state index in [-0.39, 0.29) is 11.2 Å². The second-order valence-electron chi connectivity index (χ2n) is 4.75. The predicted molar refractivity (Wildman–Crippen MR) is 63.8 cm³/mol. The molecule has 0 spiro atoms. The first-order valence-electron chi connectivity index (χ1n) is 5.28. The van der Waals surface area contributed by atoms with E-state index in [2.05, 4.69) is 20.8 Å². The Balaban J connectivity index is 2.84. The first-order valence-corrected chi connectivity index (χ1v) is 5.82. The van der Waals surface area contributed by atoms with Gasteiger partial charge in [-0.05, 0) is 35.4 Å². The summed E-state index contributed by atoms with van der Waals surface area (Å²) in [6.07, 6.45) is 0.825. The molecule has 0 aliphatic carbocycles. The number of alkyl halides is 1. The number of hydrogen-bond acceptors (Lipinski definition) is 0. The molecule has 84 valence electrons. The minimum absolute atomic E-state index is 0.0371. The van der Waals surface area contributed by atoms with Crippen LogP contribution in [0.15, 0.2) is 24.3 Å². The van der Waals surface area contributed by atoms with Crippen LogP contribution in [0.5, 0.6) is 0 Å². The summed E-state index contributed by atoms with van der Waals surface area (Å²) in [6.45, 7) is 6.46. The van der Waals surface area contributed by atoms with Gasteiger partial charge >= 0.3 is 0 Å². The fraction of sp³-hybridized carbons (Fsp3) is 0.538. The molecule has 0 amide bonds. The van der Waals surface area contributed by atoms with Crippen molar-refractivity contribution >= 4 is 11.6 Å². The monoisotopic (exact) mass is 228 g/mol. The number of halogens is 2. The van der Waals surface area contributed by atoms with E-state index in [4.69, 9.17) is 11.6 Å². The van der Waals surface area contributed by atoms with Gasteiger partial charge in [0.1, 0.15) is 5.82 Å². The average Bonchev–Trinajstić information content (AvgIpc) is 2.17. The van der Waals surface area contributed by atoms with E-state index in [1.807, 2.05) is 6.07 Å². The molecule has 0 aliphatic rings. The summed E-state index contributed by atoms with van der Waals surface area (Å²) >= 11 is 6.00. The third-order valence-electron chi connectivity index (χ3n) is 3.20. The maximum Gasteiger partial charge on any atom is 0.123 e. The highest BCUT2D eigenvalue weighted by atomic mass is 35.5. The molecule has 0 aliphatic heterocycles. The number of benzene rings is 1. The molecule has 0 radical (unpaired) electrons. The normalized spacial score (nSPS) is 15.3. The van der Waals surface area contributed by atoms with Gasteiger partial charge in [0.2, 0.25) is 0 Å². The van der Waals surface area contributed by atoms with Crippen LogP contribution < -0.4 is 0 Å². The van der Waals surface area contributed by atoms with Crippen LogP contribution in [-0.2, 0) is 6.42 Å². The Morgan fingerprint density at radius 3 is 2.53 bits per heavy atom. The molecule has 0 heterocycles. The van der Waals surface area contributed by atoms with Gasteiger partial charge in [0.25, 0.3) is 0 Å². The Morgan fingerprint density at radius 1 is 1.40 bits per heavy atom. The van der Waals surface area contributed by atoms with Crippen LogP contribution in [0.1, 0.15) is 26.3 Å². The van der Waals surface area contributed by atoms with Crippen molar-refractivity contribution in [3.8, 4) is 0 Å². The van der Waals surface area contributed by atoms with Crippen LogP contribution in [0.2, 0.25) is 0 Å². The minimum atomic E-state index is -0.173. The molecule has 1 unspecified atom stereocenters.